The molecule has 2 aromatic carbocycles. The van der Waals surface area contributed by atoms with Crippen molar-refractivity contribution in [3.05, 3.63) is 89.2 Å². The second kappa shape index (κ2) is 8.99. The molecule has 1 amide bonds. The molecule has 0 saturated carbocycles. The van der Waals surface area contributed by atoms with Crippen LogP contribution in [0.15, 0.2) is 67.0 Å². The van der Waals surface area contributed by atoms with Crippen LogP contribution in [-0.4, -0.2) is 27.8 Å². The average molecular weight is 377 g/mol. The molecule has 6 nitrogen and oxygen atoms in total. The zero-order valence-corrected chi connectivity index (χ0v) is 16.0. The third kappa shape index (κ3) is 5.30. The summed E-state index contributed by atoms with van der Waals surface area (Å²) in [6.45, 7) is 4.59. The van der Waals surface area contributed by atoms with Gasteiger partial charge in [-0.1, -0.05) is 42.0 Å². The van der Waals surface area contributed by atoms with Crippen molar-refractivity contribution in [1.82, 2.24) is 15.1 Å². The first-order chi connectivity index (χ1) is 13.5. The lowest BCUT2D eigenvalue weighted by atomic mass is 10.1. The first-order valence-corrected chi connectivity index (χ1v) is 9.12. The van der Waals surface area contributed by atoms with Gasteiger partial charge < -0.3 is 10.1 Å². The van der Waals surface area contributed by atoms with Crippen LogP contribution in [0.4, 0.5) is 0 Å². The Morgan fingerprint density at radius 1 is 1.07 bits per heavy atom. The van der Waals surface area contributed by atoms with Crippen molar-refractivity contribution >= 4 is 11.9 Å². The molecule has 3 aromatic rings. The highest BCUT2D eigenvalue weighted by Gasteiger charge is 2.18. The predicted octanol–water partition coefficient (Wildman–Crippen LogP) is 3.10. The molecule has 0 aliphatic heterocycles. The monoisotopic (exact) mass is 377 g/mol. The van der Waals surface area contributed by atoms with Crippen LogP contribution in [0.2, 0.25) is 0 Å². The Kier molecular flexibility index (Phi) is 6.22. The minimum Gasteiger partial charge on any atom is -0.449 e. The van der Waals surface area contributed by atoms with E-state index >= 15 is 0 Å². The second-order valence-electron chi connectivity index (χ2n) is 6.65. The molecule has 0 aliphatic rings. The minimum atomic E-state index is -0.873. The number of nitrogens with zero attached hydrogens (tertiary/aromatic N) is 2. The highest BCUT2D eigenvalue weighted by Crippen LogP contribution is 2.09. The molecule has 0 saturated heterocycles. The van der Waals surface area contributed by atoms with Crippen molar-refractivity contribution in [3.8, 4) is 0 Å². The molecule has 1 N–H and O–H groups in total. The first kappa shape index (κ1) is 19.4. The first-order valence-electron chi connectivity index (χ1n) is 9.12. The number of rotatable bonds is 7. The molecule has 144 valence electrons. The number of aryl methyl sites for hydroxylation is 1. The van der Waals surface area contributed by atoms with Gasteiger partial charge in [0.15, 0.2) is 6.10 Å². The zero-order valence-electron chi connectivity index (χ0n) is 16.0. The summed E-state index contributed by atoms with van der Waals surface area (Å²) in [6.07, 6.45) is 2.72. The van der Waals surface area contributed by atoms with Gasteiger partial charge >= 0.3 is 5.97 Å². The van der Waals surface area contributed by atoms with Crippen LogP contribution in [0.25, 0.3) is 0 Å². The molecule has 0 radical (unpaired) electrons. The zero-order chi connectivity index (χ0) is 19.9. The largest absolute Gasteiger partial charge is 0.449 e. The molecule has 6 heteroatoms. The standard InChI is InChI=1S/C22H23N3O3/c1-16-4-6-18(7-5-16)14-23-21(26)17(2)28-22(27)20-10-8-19(9-11-20)15-25-13-3-12-24-25/h3-13,17H,14-15H2,1-2H3,(H,23,26). The summed E-state index contributed by atoms with van der Waals surface area (Å²) in [5.74, 6) is -0.854. The number of benzene rings is 2. The Labute approximate surface area is 164 Å². The summed E-state index contributed by atoms with van der Waals surface area (Å²) in [5, 5.41) is 6.94. The number of esters is 1. The maximum absolute atomic E-state index is 12.3. The number of ether oxygens (including phenoxy) is 1. The number of carbonyl (C=O) groups is 2. The van der Waals surface area contributed by atoms with E-state index in [-0.39, 0.29) is 5.91 Å². The quantitative estimate of drug-likeness (QED) is 0.642. The van der Waals surface area contributed by atoms with Gasteiger partial charge in [0, 0.05) is 18.9 Å². The van der Waals surface area contributed by atoms with E-state index in [1.807, 2.05) is 55.6 Å². The lowest BCUT2D eigenvalue weighted by Gasteiger charge is -2.14. The summed E-state index contributed by atoms with van der Waals surface area (Å²) in [6, 6.07) is 16.8. The second-order valence-corrected chi connectivity index (χ2v) is 6.65. The van der Waals surface area contributed by atoms with Gasteiger partial charge in [-0.3, -0.25) is 9.48 Å². The summed E-state index contributed by atoms with van der Waals surface area (Å²) >= 11 is 0. The lowest BCUT2D eigenvalue weighted by molar-refractivity contribution is -0.129. The molecular weight excluding hydrogens is 354 g/mol. The van der Waals surface area contributed by atoms with Crippen LogP contribution >= 0.6 is 0 Å². The third-order valence-electron chi connectivity index (χ3n) is 4.33. The van der Waals surface area contributed by atoms with Crippen LogP contribution in [0.5, 0.6) is 0 Å². The molecule has 1 atom stereocenters. The van der Waals surface area contributed by atoms with E-state index in [9.17, 15) is 9.59 Å². The highest BCUT2D eigenvalue weighted by molar-refractivity contribution is 5.92. The summed E-state index contributed by atoms with van der Waals surface area (Å²) < 4.78 is 7.08. The molecule has 0 fully saturated rings. The highest BCUT2D eigenvalue weighted by atomic mass is 16.5. The topological polar surface area (TPSA) is 73.2 Å². The Bertz CT molecular complexity index is 917. The number of amides is 1. The number of hydrogen-bond acceptors (Lipinski definition) is 4. The predicted molar refractivity (Wildman–Crippen MR) is 106 cm³/mol. The fraction of sp³-hybridized carbons (Fsp3) is 0.227. The smallest absolute Gasteiger partial charge is 0.338 e. The molecular formula is C22H23N3O3. The van der Waals surface area contributed by atoms with Gasteiger partial charge in [0.2, 0.25) is 0 Å². The maximum Gasteiger partial charge on any atom is 0.338 e. The average Bonchev–Trinajstić information content (AvgIpc) is 3.20. The van der Waals surface area contributed by atoms with Gasteiger partial charge in [-0.25, -0.2) is 4.79 Å². The van der Waals surface area contributed by atoms with Crippen LogP contribution < -0.4 is 5.32 Å². The van der Waals surface area contributed by atoms with Crippen molar-refractivity contribution in [2.24, 2.45) is 0 Å². The van der Waals surface area contributed by atoms with Crippen LogP contribution in [0, 0.1) is 6.92 Å². The van der Waals surface area contributed by atoms with Crippen molar-refractivity contribution in [2.45, 2.75) is 33.0 Å². The molecule has 1 heterocycles. The summed E-state index contributed by atoms with van der Waals surface area (Å²) in [5.41, 5.74) is 3.57. The maximum atomic E-state index is 12.3. The molecule has 0 bridgehead atoms. The molecule has 0 aliphatic carbocycles. The van der Waals surface area contributed by atoms with Crippen LogP contribution in [0.1, 0.15) is 34.0 Å². The Morgan fingerprint density at radius 3 is 2.39 bits per heavy atom. The number of aromatic nitrogens is 2. The Morgan fingerprint density at radius 2 is 1.75 bits per heavy atom. The molecule has 0 spiro atoms. The van der Waals surface area contributed by atoms with Gasteiger partial charge in [-0.05, 0) is 43.2 Å². The number of hydrogen-bond donors (Lipinski definition) is 1. The van der Waals surface area contributed by atoms with E-state index in [1.54, 1.807) is 29.9 Å². The van der Waals surface area contributed by atoms with E-state index in [2.05, 4.69) is 10.4 Å². The fourth-order valence-corrected chi connectivity index (χ4v) is 2.65. The van der Waals surface area contributed by atoms with Crippen LogP contribution in [-0.2, 0) is 22.6 Å². The SMILES string of the molecule is Cc1ccc(CNC(=O)C(C)OC(=O)c2ccc(Cn3cccn3)cc2)cc1. The third-order valence-corrected chi connectivity index (χ3v) is 4.33. The van der Waals surface area contributed by atoms with Gasteiger partial charge in [0.05, 0.1) is 12.1 Å². The minimum absolute atomic E-state index is 0.329. The molecule has 28 heavy (non-hydrogen) atoms. The molecule has 1 aromatic heterocycles. The number of carbonyl (C=O) groups excluding carboxylic acids is 2. The van der Waals surface area contributed by atoms with Gasteiger partial charge in [0.1, 0.15) is 0 Å². The summed E-state index contributed by atoms with van der Waals surface area (Å²) in [4.78, 5) is 24.5. The Hall–Kier alpha value is -3.41. The van der Waals surface area contributed by atoms with E-state index in [4.69, 9.17) is 4.74 Å². The van der Waals surface area contributed by atoms with Gasteiger partial charge in [-0.2, -0.15) is 5.10 Å². The lowest BCUT2D eigenvalue weighted by Crippen LogP contribution is -2.35. The fourth-order valence-electron chi connectivity index (χ4n) is 2.65. The van der Waals surface area contributed by atoms with Crippen molar-refractivity contribution in [3.63, 3.8) is 0 Å². The Balaban J connectivity index is 1.50. The van der Waals surface area contributed by atoms with Crippen molar-refractivity contribution in [1.29, 1.82) is 0 Å². The van der Waals surface area contributed by atoms with Gasteiger partial charge in [0.25, 0.3) is 5.91 Å². The van der Waals surface area contributed by atoms with E-state index < -0.39 is 12.1 Å². The van der Waals surface area contributed by atoms with E-state index in [1.165, 1.54) is 0 Å². The van der Waals surface area contributed by atoms with Crippen molar-refractivity contribution in [2.75, 3.05) is 0 Å². The van der Waals surface area contributed by atoms with E-state index in [0.29, 0.717) is 18.7 Å². The number of nitrogens with one attached hydrogen (secondary N) is 1. The van der Waals surface area contributed by atoms with Crippen molar-refractivity contribution < 1.29 is 14.3 Å². The summed E-state index contributed by atoms with van der Waals surface area (Å²) in [7, 11) is 0. The van der Waals surface area contributed by atoms with E-state index in [0.717, 1.165) is 16.7 Å². The molecule has 3 rings (SSSR count). The van der Waals surface area contributed by atoms with Gasteiger partial charge in [-0.15, -0.1) is 0 Å². The normalized spacial score (nSPS) is 11.6. The molecule has 1 unspecified atom stereocenters. The van der Waals surface area contributed by atoms with Crippen LogP contribution in [0.3, 0.4) is 0 Å².